The standard InChI is InChI=1S/C17H34N2/c1-5-17-10-18-16(9-13(2)3)12-19(17)11-15-8-6-7-14(15)4/h13-18H,5-12H2,1-4H3. The average Bonchev–Trinajstić information content (AvgIpc) is 2.75. The van der Waals surface area contributed by atoms with Gasteiger partial charge in [0.25, 0.3) is 0 Å². The van der Waals surface area contributed by atoms with Crippen molar-refractivity contribution in [3.63, 3.8) is 0 Å². The molecule has 0 bridgehead atoms. The zero-order chi connectivity index (χ0) is 13.8. The highest BCUT2D eigenvalue weighted by molar-refractivity contribution is 4.88. The molecule has 19 heavy (non-hydrogen) atoms. The number of nitrogens with zero attached hydrogens (tertiary/aromatic N) is 1. The van der Waals surface area contributed by atoms with Crippen molar-refractivity contribution in [2.75, 3.05) is 19.6 Å². The van der Waals surface area contributed by atoms with E-state index in [9.17, 15) is 0 Å². The maximum Gasteiger partial charge on any atom is 0.0218 e. The van der Waals surface area contributed by atoms with Gasteiger partial charge in [-0.15, -0.1) is 0 Å². The molecule has 1 saturated carbocycles. The van der Waals surface area contributed by atoms with Crippen LogP contribution in [0.1, 0.15) is 59.8 Å². The molecular weight excluding hydrogens is 232 g/mol. The van der Waals surface area contributed by atoms with Crippen molar-refractivity contribution in [1.29, 1.82) is 0 Å². The first-order valence-electron chi connectivity index (χ1n) is 8.57. The van der Waals surface area contributed by atoms with E-state index in [2.05, 4.69) is 37.9 Å². The fourth-order valence-corrected chi connectivity index (χ4v) is 4.08. The molecule has 112 valence electrons. The van der Waals surface area contributed by atoms with Crippen molar-refractivity contribution < 1.29 is 0 Å². The van der Waals surface area contributed by atoms with Crippen LogP contribution in [0, 0.1) is 17.8 Å². The van der Waals surface area contributed by atoms with Gasteiger partial charge in [0, 0.05) is 31.7 Å². The van der Waals surface area contributed by atoms with E-state index in [1.165, 1.54) is 51.7 Å². The summed E-state index contributed by atoms with van der Waals surface area (Å²) in [6.45, 7) is 13.3. The van der Waals surface area contributed by atoms with Crippen LogP contribution in [-0.2, 0) is 0 Å². The van der Waals surface area contributed by atoms with E-state index < -0.39 is 0 Å². The molecule has 1 saturated heterocycles. The van der Waals surface area contributed by atoms with E-state index in [0.29, 0.717) is 0 Å². The normalized spacial score (nSPS) is 37.1. The van der Waals surface area contributed by atoms with Crippen molar-refractivity contribution in [3.8, 4) is 0 Å². The molecular formula is C17H34N2. The Balaban J connectivity index is 1.89. The second-order valence-corrected chi connectivity index (χ2v) is 7.42. The van der Waals surface area contributed by atoms with Gasteiger partial charge in [0.15, 0.2) is 0 Å². The molecule has 2 rings (SSSR count). The first-order chi connectivity index (χ1) is 9.10. The molecule has 2 fully saturated rings. The Kier molecular flexibility index (Phi) is 5.70. The van der Waals surface area contributed by atoms with E-state index in [4.69, 9.17) is 0 Å². The monoisotopic (exact) mass is 266 g/mol. The Bertz CT molecular complexity index is 264. The fourth-order valence-electron chi connectivity index (χ4n) is 4.08. The van der Waals surface area contributed by atoms with Gasteiger partial charge in [0.1, 0.15) is 0 Å². The van der Waals surface area contributed by atoms with E-state index in [-0.39, 0.29) is 0 Å². The molecule has 2 heteroatoms. The second kappa shape index (κ2) is 7.08. The molecule has 0 amide bonds. The lowest BCUT2D eigenvalue weighted by molar-refractivity contribution is 0.0932. The highest BCUT2D eigenvalue weighted by atomic mass is 15.2. The van der Waals surface area contributed by atoms with Gasteiger partial charge in [-0.3, -0.25) is 4.90 Å². The third-order valence-corrected chi connectivity index (χ3v) is 5.35. The lowest BCUT2D eigenvalue weighted by Gasteiger charge is -2.42. The van der Waals surface area contributed by atoms with Crippen LogP contribution < -0.4 is 5.32 Å². The van der Waals surface area contributed by atoms with E-state index >= 15 is 0 Å². The van der Waals surface area contributed by atoms with E-state index in [0.717, 1.165) is 29.8 Å². The molecule has 1 aliphatic carbocycles. The van der Waals surface area contributed by atoms with Crippen molar-refractivity contribution in [2.24, 2.45) is 17.8 Å². The van der Waals surface area contributed by atoms with Gasteiger partial charge in [-0.1, -0.05) is 40.5 Å². The summed E-state index contributed by atoms with van der Waals surface area (Å²) in [7, 11) is 0. The summed E-state index contributed by atoms with van der Waals surface area (Å²) in [5.74, 6) is 2.73. The van der Waals surface area contributed by atoms with Crippen molar-refractivity contribution in [2.45, 2.75) is 71.9 Å². The summed E-state index contributed by atoms with van der Waals surface area (Å²) in [4.78, 5) is 2.82. The molecule has 2 nitrogen and oxygen atoms in total. The highest BCUT2D eigenvalue weighted by Crippen LogP contribution is 2.32. The Morgan fingerprint density at radius 2 is 2.05 bits per heavy atom. The molecule has 0 spiro atoms. The Hall–Kier alpha value is -0.0800. The molecule has 1 heterocycles. The lowest BCUT2D eigenvalue weighted by Crippen LogP contribution is -2.57. The number of hydrogen-bond acceptors (Lipinski definition) is 2. The van der Waals surface area contributed by atoms with Crippen LogP contribution in [0.2, 0.25) is 0 Å². The first kappa shape index (κ1) is 15.3. The molecule has 1 N–H and O–H groups in total. The molecule has 0 aromatic carbocycles. The zero-order valence-electron chi connectivity index (χ0n) is 13.5. The number of rotatable bonds is 5. The molecule has 4 atom stereocenters. The van der Waals surface area contributed by atoms with Gasteiger partial charge in [-0.2, -0.15) is 0 Å². The summed E-state index contributed by atoms with van der Waals surface area (Å²) in [5.41, 5.74) is 0. The van der Waals surface area contributed by atoms with Gasteiger partial charge in [-0.25, -0.2) is 0 Å². The second-order valence-electron chi connectivity index (χ2n) is 7.42. The Morgan fingerprint density at radius 1 is 1.26 bits per heavy atom. The summed E-state index contributed by atoms with van der Waals surface area (Å²) in [6.07, 6.45) is 7.01. The number of hydrogen-bond donors (Lipinski definition) is 1. The minimum atomic E-state index is 0.722. The van der Waals surface area contributed by atoms with Crippen LogP contribution in [0.4, 0.5) is 0 Å². The lowest BCUT2D eigenvalue weighted by atomic mass is 9.94. The van der Waals surface area contributed by atoms with Crippen molar-refractivity contribution in [1.82, 2.24) is 10.2 Å². The van der Waals surface area contributed by atoms with Gasteiger partial charge in [0.2, 0.25) is 0 Å². The minimum absolute atomic E-state index is 0.722. The Morgan fingerprint density at radius 3 is 2.63 bits per heavy atom. The highest BCUT2D eigenvalue weighted by Gasteiger charge is 2.31. The average molecular weight is 266 g/mol. The van der Waals surface area contributed by atoms with Crippen LogP contribution in [0.15, 0.2) is 0 Å². The van der Waals surface area contributed by atoms with Gasteiger partial charge in [-0.05, 0) is 37.0 Å². The molecule has 1 aliphatic heterocycles. The molecule has 4 unspecified atom stereocenters. The quantitative estimate of drug-likeness (QED) is 0.819. The van der Waals surface area contributed by atoms with E-state index in [1.807, 2.05) is 0 Å². The maximum atomic E-state index is 3.78. The third kappa shape index (κ3) is 4.19. The summed E-state index contributed by atoms with van der Waals surface area (Å²) >= 11 is 0. The minimum Gasteiger partial charge on any atom is -0.311 e. The molecule has 0 radical (unpaired) electrons. The smallest absolute Gasteiger partial charge is 0.0218 e. The van der Waals surface area contributed by atoms with E-state index in [1.54, 1.807) is 0 Å². The van der Waals surface area contributed by atoms with Gasteiger partial charge in [0.05, 0.1) is 0 Å². The SMILES string of the molecule is CCC1CNC(CC(C)C)CN1CC1CCCC1C. The summed E-state index contributed by atoms with van der Waals surface area (Å²) < 4.78 is 0. The predicted octanol–water partition coefficient (Wildman–Crippen LogP) is 3.52. The van der Waals surface area contributed by atoms with Crippen molar-refractivity contribution >= 4 is 0 Å². The van der Waals surface area contributed by atoms with Crippen LogP contribution in [0.5, 0.6) is 0 Å². The topological polar surface area (TPSA) is 15.3 Å². The maximum absolute atomic E-state index is 3.78. The molecule has 0 aromatic rings. The summed E-state index contributed by atoms with van der Waals surface area (Å²) in [6, 6.07) is 1.50. The molecule has 2 aliphatic rings. The largest absolute Gasteiger partial charge is 0.311 e. The van der Waals surface area contributed by atoms with Crippen molar-refractivity contribution in [3.05, 3.63) is 0 Å². The number of piperazine rings is 1. The van der Waals surface area contributed by atoms with Crippen LogP contribution in [-0.4, -0.2) is 36.6 Å². The fraction of sp³-hybridized carbons (Fsp3) is 1.00. The number of nitrogens with one attached hydrogen (secondary N) is 1. The van der Waals surface area contributed by atoms with Crippen LogP contribution in [0.25, 0.3) is 0 Å². The Labute approximate surface area is 120 Å². The zero-order valence-corrected chi connectivity index (χ0v) is 13.5. The first-order valence-corrected chi connectivity index (χ1v) is 8.57. The summed E-state index contributed by atoms with van der Waals surface area (Å²) in [5, 5.41) is 3.78. The van der Waals surface area contributed by atoms with Crippen LogP contribution in [0.3, 0.4) is 0 Å². The van der Waals surface area contributed by atoms with Crippen LogP contribution >= 0.6 is 0 Å². The molecule has 0 aromatic heterocycles. The predicted molar refractivity (Wildman–Crippen MR) is 83.4 cm³/mol. The third-order valence-electron chi connectivity index (χ3n) is 5.35. The van der Waals surface area contributed by atoms with Gasteiger partial charge >= 0.3 is 0 Å². The van der Waals surface area contributed by atoms with Gasteiger partial charge < -0.3 is 5.32 Å².